The van der Waals surface area contributed by atoms with Crippen molar-refractivity contribution in [3.63, 3.8) is 0 Å². The second-order valence-electron chi connectivity index (χ2n) is 7.10. The molecule has 0 aliphatic carbocycles. The van der Waals surface area contributed by atoms with Gasteiger partial charge in [0, 0.05) is 12.2 Å². The highest BCUT2D eigenvalue weighted by Crippen LogP contribution is 2.20. The van der Waals surface area contributed by atoms with Crippen molar-refractivity contribution in [1.29, 1.82) is 0 Å². The number of rotatable bonds is 9. The molecule has 1 aromatic heterocycles. The van der Waals surface area contributed by atoms with E-state index in [1.165, 1.54) is 17.3 Å². The Balaban J connectivity index is 1.61. The van der Waals surface area contributed by atoms with E-state index in [-0.39, 0.29) is 24.1 Å². The van der Waals surface area contributed by atoms with Crippen LogP contribution >= 0.6 is 23.4 Å². The molecular formula is C23H24ClN5O2S. The van der Waals surface area contributed by atoms with Crippen molar-refractivity contribution < 1.29 is 9.59 Å². The number of thioether (sulfide) groups is 1. The Morgan fingerprint density at radius 3 is 2.66 bits per heavy atom. The number of nitrogens with zero attached hydrogens (tertiary/aromatic N) is 3. The molecule has 0 fully saturated rings. The molecule has 0 atom stereocenters. The van der Waals surface area contributed by atoms with E-state index in [0.29, 0.717) is 28.1 Å². The first kappa shape index (κ1) is 23.6. The smallest absolute Gasteiger partial charge is 0.253 e. The number of aromatic nitrogens is 3. The number of benzene rings is 2. The van der Waals surface area contributed by atoms with Gasteiger partial charge in [-0.1, -0.05) is 47.6 Å². The highest BCUT2D eigenvalue weighted by atomic mass is 35.5. The molecule has 3 rings (SSSR count). The molecule has 1 heterocycles. The van der Waals surface area contributed by atoms with Gasteiger partial charge in [0.2, 0.25) is 5.91 Å². The number of carbonyl (C=O) groups excluding carboxylic acids is 2. The molecule has 2 aromatic carbocycles. The van der Waals surface area contributed by atoms with Crippen molar-refractivity contribution in [2.75, 3.05) is 11.1 Å². The van der Waals surface area contributed by atoms with E-state index in [1.54, 1.807) is 30.3 Å². The molecule has 0 saturated heterocycles. The van der Waals surface area contributed by atoms with Crippen LogP contribution in [0.3, 0.4) is 0 Å². The van der Waals surface area contributed by atoms with E-state index in [1.807, 2.05) is 36.6 Å². The summed E-state index contributed by atoms with van der Waals surface area (Å²) in [5, 5.41) is 15.0. The van der Waals surface area contributed by atoms with Crippen LogP contribution in [-0.2, 0) is 17.9 Å². The molecule has 0 radical (unpaired) electrons. The molecule has 0 spiro atoms. The lowest BCUT2D eigenvalue weighted by molar-refractivity contribution is -0.113. The number of nitrogens with one attached hydrogen (secondary N) is 2. The van der Waals surface area contributed by atoms with Crippen molar-refractivity contribution in [2.24, 2.45) is 0 Å². The molecule has 2 N–H and O–H groups in total. The Morgan fingerprint density at radius 1 is 1.16 bits per heavy atom. The molecule has 166 valence electrons. The lowest BCUT2D eigenvalue weighted by atomic mass is 10.1. The van der Waals surface area contributed by atoms with Crippen LogP contribution in [0.4, 0.5) is 5.69 Å². The first-order valence-corrected chi connectivity index (χ1v) is 11.3. The average molecular weight is 470 g/mol. The van der Waals surface area contributed by atoms with Crippen LogP contribution in [0.15, 0.2) is 60.3 Å². The summed E-state index contributed by atoms with van der Waals surface area (Å²) in [5.74, 6) is 0.293. The van der Waals surface area contributed by atoms with Gasteiger partial charge in [-0.15, -0.1) is 16.8 Å². The van der Waals surface area contributed by atoms with E-state index in [0.717, 1.165) is 11.3 Å². The highest BCUT2D eigenvalue weighted by Gasteiger charge is 2.16. The van der Waals surface area contributed by atoms with Crippen LogP contribution in [0.1, 0.15) is 27.3 Å². The fourth-order valence-corrected chi connectivity index (χ4v) is 3.90. The number of anilines is 1. The summed E-state index contributed by atoms with van der Waals surface area (Å²) in [6.07, 6.45) is 1.71. The SMILES string of the molecule is C=CCn1c(CNC(=O)c2ccccc2Cl)nnc1SCC(=O)Nc1ccc(C)c(C)c1. The number of hydrogen-bond acceptors (Lipinski definition) is 5. The third-order valence-corrected chi connectivity index (χ3v) is 6.05. The van der Waals surface area contributed by atoms with Gasteiger partial charge < -0.3 is 15.2 Å². The van der Waals surface area contributed by atoms with Crippen LogP contribution in [0.25, 0.3) is 0 Å². The standard InChI is InChI=1S/C23H24ClN5O2S/c1-4-11-29-20(13-25-22(31)18-7-5-6-8-19(18)24)27-28-23(29)32-14-21(30)26-17-10-9-15(2)16(3)12-17/h4-10,12H,1,11,13-14H2,2-3H3,(H,25,31)(H,26,30). The van der Waals surface area contributed by atoms with Gasteiger partial charge in [0.05, 0.1) is 22.9 Å². The van der Waals surface area contributed by atoms with Crippen LogP contribution in [0.5, 0.6) is 0 Å². The minimum absolute atomic E-state index is 0.139. The largest absolute Gasteiger partial charge is 0.345 e. The molecule has 0 unspecified atom stereocenters. The second-order valence-corrected chi connectivity index (χ2v) is 8.45. The van der Waals surface area contributed by atoms with Gasteiger partial charge in [0.15, 0.2) is 11.0 Å². The van der Waals surface area contributed by atoms with Gasteiger partial charge >= 0.3 is 0 Å². The number of hydrogen-bond donors (Lipinski definition) is 2. The molecule has 9 heteroatoms. The van der Waals surface area contributed by atoms with Crippen molar-refractivity contribution in [2.45, 2.75) is 32.1 Å². The second kappa shape index (κ2) is 11.0. The summed E-state index contributed by atoms with van der Waals surface area (Å²) < 4.78 is 1.81. The van der Waals surface area contributed by atoms with Crippen LogP contribution < -0.4 is 10.6 Å². The summed E-state index contributed by atoms with van der Waals surface area (Å²) in [7, 11) is 0. The Labute approximate surface area is 196 Å². The molecule has 0 bridgehead atoms. The zero-order valence-corrected chi connectivity index (χ0v) is 19.5. The van der Waals surface area contributed by atoms with E-state index >= 15 is 0 Å². The fraction of sp³-hybridized carbons (Fsp3) is 0.217. The number of aryl methyl sites for hydroxylation is 2. The third kappa shape index (κ3) is 5.99. The summed E-state index contributed by atoms with van der Waals surface area (Å²) in [4.78, 5) is 24.8. The molecule has 2 amide bonds. The summed E-state index contributed by atoms with van der Waals surface area (Å²) in [6, 6.07) is 12.6. The maximum atomic E-state index is 12.4. The Bertz CT molecular complexity index is 1150. The predicted molar refractivity (Wildman–Crippen MR) is 128 cm³/mol. The highest BCUT2D eigenvalue weighted by molar-refractivity contribution is 7.99. The lowest BCUT2D eigenvalue weighted by Gasteiger charge is -2.10. The monoisotopic (exact) mass is 469 g/mol. The number of carbonyl (C=O) groups is 2. The van der Waals surface area contributed by atoms with Gasteiger partial charge in [0.1, 0.15) is 0 Å². The van der Waals surface area contributed by atoms with Gasteiger partial charge in [-0.05, 0) is 49.2 Å². The molecule has 0 saturated carbocycles. The minimum atomic E-state index is -0.300. The predicted octanol–water partition coefficient (Wildman–Crippen LogP) is 4.40. The first-order valence-electron chi connectivity index (χ1n) is 9.94. The zero-order chi connectivity index (χ0) is 23.1. The Morgan fingerprint density at radius 2 is 1.94 bits per heavy atom. The number of halogens is 1. The van der Waals surface area contributed by atoms with Crippen molar-refractivity contribution in [3.8, 4) is 0 Å². The Hall–Kier alpha value is -3.10. The maximum absolute atomic E-state index is 12.4. The molecule has 32 heavy (non-hydrogen) atoms. The first-order chi connectivity index (χ1) is 15.4. The quantitative estimate of drug-likeness (QED) is 0.358. The van der Waals surface area contributed by atoms with Crippen molar-refractivity contribution in [1.82, 2.24) is 20.1 Å². The fourth-order valence-electron chi connectivity index (χ4n) is 2.92. The average Bonchev–Trinajstić information content (AvgIpc) is 3.15. The molecule has 7 nitrogen and oxygen atoms in total. The van der Waals surface area contributed by atoms with E-state index in [9.17, 15) is 9.59 Å². The topological polar surface area (TPSA) is 88.9 Å². The molecule has 3 aromatic rings. The number of allylic oxidation sites excluding steroid dienone is 1. The zero-order valence-electron chi connectivity index (χ0n) is 17.9. The van der Waals surface area contributed by atoms with E-state index in [4.69, 9.17) is 11.6 Å². The maximum Gasteiger partial charge on any atom is 0.253 e. The van der Waals surface area contributed by atoms with Crippen LogP contribution in [0, 0.1) is 13.8 Å². The van der Waals surface area contributed by atoms with Crippen molar-refractivity contribution >= 4 is 40.9 Å². The summed E-state index contributed by atoms with van der Waals surface area (Å²) >= 11 is 7.35. The molecular weight excluding hydrogens is 446 g/mol. The summed E-state index contributed by atoms with van der Waals surface area (Å²) in [5.41, 5.74) is 3.43. The third-order valence-electron chi connectivity index (χ3n) is 4.75. The molecule has 0 aliphatic rings. The van der Waals surface area contributed by atoms with E-state index < -0.39 is 0 Å². The molecule has 0 aliphatic heterocycles. The van der Waals surface area contributed by atoms with Gasteiger partial charge in [0.25, 0.3) is 5.91 Å². The van der Waals surface area contributed by atoms with Crippen LogP contribution in [0.2, 0.25) is 5.02 Å². The minimum Gasteiger partial charge on any atom is -0.345 e. The Kier molecular flexibility index (Phi) is 8.08. The van der Waals surface area contributed by atoms with E-state index in [2.05, 4.69) is 27.4 Å². The normalized spacial score (nSPS) is 10.6. The van der Waals surface area contributed by atoms with Gasteiger partial charge in [-0.2, -0.15) is 0 Å². The van der Waals surface area contributed by atoms with Crippen molar-refractivity contribution in [3.05, 3.63) is 82.7 Å². The number of amides is 2. The van der Waals surface area contributed by atoms with Gasteiger partial charge in [-0.25, -0.2) is 0 Å². The van der Waals surface area contributed by atoms with Crippen LogP contribution in [-0.4, -0.2) is 32.3 Å². The van der Waals surface area contributed by atoms with Gasteiger partial charge in [-0.3, -0.25) is 9.59 Å². The lowest BCUT2D eigenvalue weighted by Crippen LogP contribution is -2.25. The summed E-state index contributed by atoms with van der Waals surface area (Å²) in [6.45, 7) is 8.41.